The molecule has 2 rings (SSSR count). The van der Waals surface area contributed by atoms with E-state index in [1.165, 1.54) is 20.1 Å². The average Bonchev–Trinajstić information content (AvgIpc) is 2.56. The third-order valence-electron chi connectivity index (χ3n) is 2.11. The zero-order valence-electron chi connectivity index (χ0n) is 7.17. The molecule has 0 bridgehead atoms. The van der Waals surface area contributed by atoms with Crippen molar-refractivity contribution in [2.45, 2.75) is 18.2 Å². The molecule has 0 unspecified atom stereocenters. The molecule has 0 N–H and O–H groups in total. The minimum atomic E-state index is 1.07. The Morgan fingerprint density at radius 2 is 2.23 bits per heavy atom. The number of halogens is 1. The molecule has 2 aromatic rings. The van der Waals surface area contributed by atoms with E-state index in [1.54, 1.807) is 11.3 Å². The topological polar surface area (TPSA) is 0 Å². The lowest BCUT2D eigenvalue weighted by Gasteiger charge is -1.99. The van der Waals surface area contributed by atoms with Gasteiger partial charge in [-0.2, -0.15) is 0 Å². The zero-order chi connectivity index (χ0) is 9.42. The highest BCUT2D eigenvalue weighted by Crippen LogP contribution is 2.36. The molecule has 1 aromatic heterocycles. The highest BCUT2D eigenvalue weighted by Gasteiger charge is 2.07. The number of benzene rings is 1. The summed E-state index contributed by atoms with van der Waals surface area (Å²) in [4.78, 5) is 1.08. The predicted molar refractivity (Wildman–Crippen MR) is 66.2 cm³/mol. The Bertz CT molecular complexity index is 445. The molecule has 0 atom stereocenters. The van der Waals surface area contributed by atoms with Gasteiger partial charge >= 0.3 is 0 Å². The highest BCUT2D eigenvalue weighted by atomic mass is 79.9. The zero-order valence-corrected chi connectivity index (χ0v) is 10.5. The lowest BCUT2D eigenvalue weighted by molar-refractivity contribution is 1.16. The summed E-state index contributed by atoms with van der Waals surface area (Å²) >= 11 is 9.81. The minimum Gasteiger partial charge on any atom is -0.143 e. The third kappa shape index (κ3) is 1.53. The molecule has 0 saturated heterocycles. The van der Waals surface area contributed by atoms with Crippen molar-refractivity contribution in [1.82, 2.24) is 0 Å². The molecule has 0 amide bonds. The second-order valence-electron chi connectivity index (χ2n) is 2.89. The van der Waals surface area contributed by atoms with E-state index in [0.29, 0.717) is 0 Å². The van der Waals surface area contributed by atoms with Crippen molar-refractivity contribution in [3.05, 3.63) is 27.5 Å². The van der Waals surface area contributed by atoms with Crippen molar-refractivity contribution in [3.63, 3.8) is 0 Å². The van der Waals surface area contributed by atoms with Gasteiger partial charge in [-0.1, -0.05) is 6.92 Å². The first-order valence-corrected chi connectivity index (χ1v) is 6.23. The molecule has 0 nitrogen and oxygen atoms in total. The van der Waals surface area contributed by atoms with Crippen LogP contribution >= 0.6 is 39.9 Å². The van der Waals surface area contributed by atoms with Gasteiger partial charge in [-0.3, -0.25) is 0 Å². The maximum Gasteiger partial charge on any atom is 0.0498 e. The Kier molecular flexibility index (Phi) is 2.67. The van der Waals surface area contributed by atoms with E-state index in [1.807, 2.05) is 6.07 Å². The third-order valence-corrected chi connectivity index (χ3v) is 4.47. The van der Waals surface area contributed by atoms with Crippen LogP contribution in [0.25, 0.3) is 10.1 Å². The number of thiophene rings is 1. The molecular weight excluding hydrogens is 264 g/mol. The summed E-state index contributed by atoms with van der Waals surface area (Å²) in [5.74, 6) is 0. The summed E-state index contributed by atoms with van der Waals surface area (Å²) in [6.45, 7) is 2.18. The lowest BCUT2D eigenvalue weighted by Crippen LogP contribution is -1.77. The van der Waals surface area contributed by atoms with E-state index in [2.05, 4.69) is 46.9 Å². The monoisotopic (exact) mass is 272 g/mol. The smallest absolute Gasteiger partial charge is 0.0498 e. The minimum absolute atomic E-state index is 1.07. The van der Waals surface area contributed by atoms with Gasteiger partial charge in [0.15, 0.2) is 0 Å². The Morgan fingerprint density at radius 3 is 2.92 bits per heavy atom. The molecule has 1 heterocycles. The molecule has 13 heavy (non-hydrogen) atoms. The summed E-state index contributed by atoms with van der Waals surface area (Å²) in [6, 6.07) is 4.10. The van der Waals surface area contributed by atoms with Crippen LogP contribution in [-0.4, -0.2) is 0 Å². The standard InChI is InChI=1S/C10H9BrS2/c1-2-6-5-13-10-7(11)3-4-8(12)9(6)10/h3-5,12H,2H2,1H3. The molecule has 0 spiro atoms. The first-order valence-electron chi connectivity index (χ1n) is 4.11. The lowest BCUT2D eigenvalue weighted by atomic mass is 10.1. The second-order valence-corrected chi connectivity index (χ2v) is 5.10. The Hall–Kier alpha value is 0.01000. The molecule has 0 radical (unpaired) electrons. The van der Waals surface area contributed by atoms with Crippen molar-refractivity contribution in [2.75, 3.05) is 0 Å². The predicted octanol–water partition coefficient (Wildman–Crippen LogP) is 4.51. The summed E-state index contributed by atoms with van der Waals surface area (Å²) in [5, 5.41) is 3.53. The summed E-state index contributed by atoms with van der Waals surface area (Å²) in [6.07, 6.45) is 1.07. The van der Waals surface area contributed by atoms with Crippen molar-refractivity contribution in [1.29, 1.82) is 0 Å². The van der Waals surface area contributed by atoms with Crippen LogP contribution in [0.1, 0.15) is 12.5 Å². The van der Waals surface area contributed by atoms with E-state index in [-0.39, 0.29) is 0 Å². The first-order chi connectivity index (χ1) is 6.24. The van der Waals surface area contributed by atoms with Gasteiger partial charge in [-0.15, -0.1) is 24.0 Å². The highest BCUT2D eigenvalue weighted by molar-refractivity contribution is 9.10. The second kappa shape index (κ2) is 3.64. The van der Waals surface area contributed by atoms with Gasteiger partial charge in [-0.25, -0.2) is 0 Å². The maximum absolute atomic E-state index is 4.47. The van der Waals surface area contributed by atoms with Crippen LogP contribution in [0.4, 0.5) is 0 Å². The fourth-order valence-corrected chi connectivity index (χ4v) is 3.52. The van der Waals surface area contributed by atoms with Gasteiger partial charge in [0, 0.05) is 19.5 Å². The molecule has 1 aromatic carbocycles. The Labute approximate surface area is 95.5 Å². The fraction of sp³-hybridized carbons (Fsp3) is 0.200. The van der Waals surface area contributed by atoms with Crippen molar-refractivity contribution >= 4 is 50.0 Å². The Balaban J connectivity index is 2.87. The van der Waals surface area contributed by atoms with Crippen LogP contribution in [0.2, 0.25) is 0 Å². The van der Waals surface area contributed by atoms with Crippen molar-refractivity contribution in [3.8, 4) is 0 Å². The van der Waals surface area contributed by atoms with Gasteiger partial charge in [0.1, 0.15) is 0 Å². The maximum atomic E-state index is 4.47. The van der Waals surface area contributed by atoms with Gasteiger partial charge in [-0.05, 0) is 45.4 Å². The van der Waals surface area contributed by atoms with Crippen LogP contribution in [0.5, 0.6) is 0 Å². The normalized spacial score (nSPS) is 11.0. The number of rotatable bonds is 1. The summed E-state index contributed by atoms with van der Waals surface area (Å²) in [5.41, 5.74) is 1.39. The summed E-state index contributed by atoms with van der Waals surface area (Å²) in [7, 11) is 0. The van der Waals surface area contributed by atoms with E-state index in [9.17, 15) is 0 Å². The average molecular weight is 273 g/mol. The van der Waals surface area contributed by atoms with E-state index >= 15 is 0 Å². The molecule has 0 fully saturated rings. The van der Waals surface area contributed by atoms with Crippen molar-refractivity contribution in [2.24, 2.45) is 0 Å². The van der Waals surface area contributed by atoms with Gasteiger partial charge in [0.2, 0.25) is 0 Å². The van der Waals surface area contributed by atoms with E-state index < -0.39 is 0 Å². The van der Waals surface area contributed by atoms with Crippen LogP contribution in [-0.2, 0) is 6.42 Å². The number of hydrogen-bond acceptors (Lipinski definition) is 2. The molecule has 0 aliphatic heterocycles. The fourth-order valence-electron chi connectivity index (χ4n) is 1.42. The van der Waals surface area contributed by atoms with Crippen LogP contribution in [0, 0.1) is 0 Å². The molecule has 0 saturated carbocycles. The van der Waals surface area contributed by atoms with E-state index in [0.717, 1.165) is 11.3 Å². The Morgan fingerprint density at radius 1 is 1.46 bits per heavy atom. The van der Waals surface area contributed by atoms with Crippen LogP contribution < -0.4 is 0 Å². The van der Waals surface area contributed by atoms with Gasteiger partial charge in [0.05, 0.1) is 0 Å². The molecular formula is C10H9BrS2. The quantitative estimate of drug-likeness (QED) is 0.726. The van der Waals surface area contributed by atoms with Crippen molar-refractivity contribution < 1.29 is 0 Å². The molecule has 0 aliphatic carbocycles. The number of hydrogen-bond donors (Lipinski definition) is 1. The molecule has 68 valence electrons. The van der Waals surface area contributed by atoms with Gasteiger partial charge < -0.3 is 0 Å². The number of thiol groups is 1. The number of aryl methyl sites for hydroxylation is 1. The SMILES string of the molecule is CCc1csc2c(Br)ccc(S)c12. The molecule has 0 aliphatic rings. The van der Waals surface area contributed by atoms with Crippen LogP contribution in [0.15, 0.2) is 26.9 Å². The molecule has 3 heteroatoms. The largest absolute Gasteiger partial charge is 0.143 e. The first kappa shape index (κ1) is 9.56. The summed E-state index contributed by atoms with van der Waals surface area (Å²) < 4.78 is 2.48. The number of fused-ring (bicyclic) bond motifs is 1. The van der Waals surface area contributed by atoms with E-state index in [4.69, 9.17) is 0 Å². The van der Waals surface area contributed by atoms with Crippen LogP contribution in [0.3, 0.4) is 0 Å². The van der Waals surface area contributed by atoms with Gasteiger partial charge in [0.25, 0.3) is 0 Å².